The number of oxazole rings is 1. The van der Waals surface area contributed by atoms with Crippen molar-refractivity contribution in [3.05, 3.63) is 35.8 Å². The molecule has 1 saturated heterocycles. The van der Waals surface area contributed by atoms with Crippen LogP contribution in [0.3, 0.4) is 0 Å². The number of hydrogen-bond donors (Lipinski definition) is 1. The van der Waals surface area contributed by atoms with E-state index >= 15 is 0 Å². The van der Waals surface area contributed by atoms with Gasteiger partial charge in [-0.15, -0.1) is 0 Å². The van der Waals surface area contributed by atoms with Crippen molar-refractivity contribution in [3.8, 4) is 17.5 Å². The van der Waals surface area contributed by atoms with Crippen LogP contribution in [0.2, 0.25) is 0 Å². The smallest absolute Gasteiger partial charge is 0.232 e. The monoisotopic (exact) mass is 328 g/mol. The van der Waals surface area contributed by atoms with Gasteiger partial charge in [0, 0.05) is 18.2 Å². The summed E-state index contributed by atoms with van der Waals surface area (Å²) in [5.74, 6) is 0.234. The number of anilines is 1. The van der Waals surface area contributed by atoms with Crippen molar-refractivity contribution in [2.75, 3.05) is 25.0 Å². The molecule has 3 rings (SSSR count). The predicted molar refractivity (Wildman–Crippen MR) is 90.0 cm³/mol. The molecule has 1 N–H and O–H groups in total. The fourth-order valence-electron chi connectivity index (χ4n) is 2.99. The van der Waals surface area contributed by atoms with E-state index in [0.717, 1.165) is 13.1 Å². The second-order valence-corrected chi connectivity index (χ2v) is 6.15. The Hall–Kier alpha value is -2.39. The zero-order valence-corrected chi connectivity index (χ0v) is 13.8. The molecule has 0 saturated carbocycles. The second-order valence-electron chi connectivity index (χ2n) is 6.15. The molecule has 2 aromatic rings. The van der Waals surface area contributed by atoms with E-state index in [1.807, 2.05) is 6.07 Å². The van der Waals surface area contributed by atoms with Crippen molar-refractivity contribution >= 4 is 5.88 Å². The summed E-state index contributed by atoms with van der Waals surface area (Å²) in [6, 6.07) is 8.37. The predicted octanol–water partition coefficient (Wildman–Crippen LogP) is 3.64. The largest absolute Gasteiger partial charge is 0.419 e. The van der Waals surface area contributed by atoms with Gasteiger partial charge in [-0.2, -0.15) is 10.2 Å². The average molecular weight is 328 g/mol. The van der Waals surface area contributed by atoms with Gasteiger partial charge < -0.3 is 9.73 Å². The van der Waals surface area contributed by atoms with Gasteiger partial charge in [-0.05, 0) is 51.1 Å². The lowest BCUT2D eigenvalue weighted by Gasteiger charge is -2.32. The maximum Gasteiger partial charge on any atom is 0.232 e. The molecule has 2 heterocycles. The minimum Gasteiger partial charge on any atom is -0.419 e. The highest BCUT2D eigenvalue weighted by atomic mass is 19.1. The van der Waals surface area contributed by atoms with Crippen molar-refractivity contribution in [1.82, 2.24) is 9.88 Å². The van der Waals surface area contributed by atoms with Gasteiger partial charge >= 0.3 is 0 Å². The summed E-state index contributed by atoms with van der Waals surface area (Å²) >= 11 is 0. The minimum absolute atomic E-state index is 0.195. The van der Waals surface area contributed by atoms with Crippen LogP contribution in [0, 0.1) is 17.1 Å². The SMILES string of the molecule is CC(CNc1oc(-c2cccc(F)c2)nc1C#N)N1CCCCC1. The number of nitrogens with one attached hydrogen (secondary N) is 1. The Balaban J connectivity index is 1.70. The molecule has 0 amide bonds. The molecule has 1 aliphatic heterocycles. The van der Waals surface area contributed by atoms with Crippen LogP contribution in [-0.2, 0) is 0 Å². The van der Waals surface area contributed by atoms with Crippen molar-refractivity contribution in [3.63, 3.8) is 0 Å². The van der Waals surface area contributed by atoms with Crippen LogP contribution in [0.5, 0.6) is 0 Å². The van der Waals surface area contributed by atoms with Gasteiger partial charge in [0.05, 0.1) is 0 Å². The number of hydrogen-bond acceptors (Lipinski definition) is 5. The number of nitrogens with zero attached hydrogens (tertiary/aromatic N) is 3. The Morgan fingerprint density at radius 1 is 1.38 bits per heavy atom. The van der Waals surface area contributed by atoms with Crippen LogP contribution in [0.15, 0.2) is 28.7 Å². The number of nitriles is 1. The van der Waals surface area contributed by atoms with Gasteiger partial charge in [0.2, 0.25) is 17.5 Å². The van der Waals surface area contributed by atoms with Gasteiger partial charge in [-0.25, -0.2) is 4.39 Å². The number of aromatic nitrogens is 1. The van der Waals surface area contributed by atoms with Gasteiger partial charge in [0.15, 0.2) is 0 Å². The molecular weight excluding hydrogens is 307 g/mol. The van der Waals surface area contributed by atoms with Crippen molar-refractivity contribution in [1.29, 1.82) is 5.26 Å². The molecule has 5 nitrogen and oxygen atoms in total. The van der Waals surface area contributed by atoms with Crippen LogP contribution < -0.4 is 5.32 Å². The third-order valence-electron chi connectivity index (χ3n) is 4.38. The molecule has 0 bridgehead atoms. The first kappa shape index (κ1) is 16.5. The van der Waals surface area contributed by atoms with Crippen LogP contribution in [0.4, 0.5) is 10.3 Å². The number of piperidine rings is 1. The van der Waals surface area contributed by atoms with Crippen LogP contribution >= 0.6 is 0 Å². The molecule has 0 aliphatic carbocycles. The lowest BCUT2D eigenvalue weighted by molar-refractivity contribution is 0.180. The molecule has 0 radical (unpaired) electrons. The second kappa shape index (κ2) is 7.45. The number of likely N-dealkylation sites (tertiary alicyclic amines) is 1. The molecular formula is C18H21FN4O. The maximum atomic E-state index is 13.3. The maximum absolute atomic E-state index is 13.3. The topological polar surface area (TPSA) is 65.1 Å². The third-order valence-corrected chi connectivity index (χ3v) is 4.38. The molecule has 1 aromatic heterocycles. The summed E-state index contributed by atoms with van der Waals surface area (Å²) in [7, 11) is 0. The average Bonchev–Trinajstić information content (AvgIpc) is 3.04. The Morgan fingerprint density at radius 2 is 2.17 bits per heavy atom. The summed E-state index contributed by atoms with van der Waals surface area (Å²) in [6.07, 6.45) is 3.77. The summed E-state index contributed by atoms with van der Waals surface area (Å²) in [4.78, 5) is 6.60. The van der Waals surface area contributed by atoms with Gasteiger partial charge in [0.1, 0.15) is 11.9 Å². The first-order valence-electron chi connectivity index (χ1n) is 8.32. The van der Waals surface area contributed by atoms with E-state index < -0.39 is 0 Å². The Bertz CT molecular complexity index is 731. The van der Waals surface area contributed by atoms with Crippen molar-refractivity contribution in [2.45, 2.75) is 32.2 Å². The Morgan fingerprint density at radius 3 is 2.88 bits per heavy atom. The Kier molecular flexibility index (Phi) is 5.11. The van der Waals surface area contributed by atoms with Crippen LogP contribution in [0.25, 0.3) is 11.5 Å². The van der Waals surface area contributed by atoms with Gasteiger partial charge in [0.25, 0.3) is 0 Å². The van der Waals surface area contributed by atoms with Crippen LogP contribution in [0.1, 0.15) is 31.9 Å². The fourth-order valence-corrected chi connectivity index (χ4v) is 2.99. The van der Waals surface area contributed by atoms with Crippen molar-refractivity contribution < 1.29 is 8.81 Å². The van der Waals surface area contributed by atoms with E-state index in [0.29, 0.717) is 24.0 Å². The van der Waals surface area contributed by atoms with E-state index in [1.54, 1.807) is 12.1 Å². The zero-order chi connectivity index (χ0) is 16.9. The molecule has 1 aromatic carbocycles. The highest BCUT2D eigenvalue weighted by Crippen LogP contribution is 2.26. The van der Waals surface area contributed by atoms with Crippen molar-refractivity contribution in [2.24, 2.45) is 0 Å². The number of benzene rings is 1. The standard InChI is InChI=1S/C18H21FN4O/c1-13(23-8-3-2-4-9-23)12-21-18-16(11-20)22-17(24-18)14-6-5-7-15(19)10-14/h5-7,10,13,21H,2-4,8-9,12H2,1H3. The van der Waals surface area contributed by atoms with E-state index in [1.165, 1.54) is 31.4 Å². The molecule has 1 atom stereocenters. The molecule has 1 fully saturated rings. The fraction of sp³-hybridized carbons (Fsp3) is 0.444. The summed E-state index contributed by atoms with van der Waals surface area (Å²) in [5, 5.41) is 12.4. The number of rotatable bonds is 5. The lowest BCUT2D eigenvalue weighted by Crippen LogP contribution is -2.41. The summed E-state index contributed by atoms with van der Waals surface area (Å²) in [6.45, 7) is 5.05. The molecule has 1 unspecified atom stereocenters. The molecule has 6 heteroatoms. The summed E-state index contributed by atoms with van der Waals surface area (Å²) in [5.41, 5.74) is 0.712. The van der Waals surface area contributed by atoms with Crippen LogP contribution in [-0.4, -0.2) is 35.6 Å². The quantitative estimate of drug-likeness (QED) is 0.908. The zero-order valence-electron chi connectivity index (χ0n) is 13.8. The molecule has 24 heavy (non-hydrogen) atoms. The lowest BCUT2D eigenvalue weighted by atomic mass is 10.1. The number of halogens is 1. The first-order chi connectivity index (χ1) is 11.7. The third kappa shape index (κ3) is 3.74. The van der Waals surface area contributed by atoms with E-state index in [2.05, 4.69) is 22.1 Å². The Labute approximate surface area is 141 Å². The molecule has 126 valence electrons. The molecule has 0 spiro atoms. The summed E-state index contributed by atoms with van der Waals surface area (Å²) < 4.78 is 19.0. The molecule has 1 aliphatic rings. The highest BCUT2D eigenvalue weighted by Gasteiger charge is 2.19. The van der Waals surface area contributed by atoms with Gasteiger partial charge in [-0.1, -0.05) is 12.5 Å². The highest BCUT2D eigenvalue weighted by molar-refractivity contribution is 5.58. The van der Waals surface area contributed by atoms with E-state index in [9.17, 15) is 9.65 Å². The minimum atomic E-state index is -0.363. The first-order valence-corrected chi connectivity index (χ1v) is 8.32. The van der Waals surface area contributed by atoms with E-state index in [4.69, 9.17) is 4.42 Å². The van der Waals surface area contributed by atoms with Gasteiger partial charge in [-0.3, -0.25) is 4.90 Å². The normalized spacial score (nSPS) is 16.5. The van der Waals surface area contributed by atoms with E-state index in [-0.39, 0.29) is 17.4 Å².